The second-order valence-electron chi connectivity index (χ2n) is 4.35. The van der Waals surface area contributed by atoms with Gasteiger partial charge in [0.25, 0.3) is 0 Å². The van der Waals surface area contributed by atoms with E-state index >= 15 is 0 Å². The predicted molar refractivity (Wildman–Crippen MR) is 69.6 cm³/mol. The van der Waals surface area contributed by atoms with E-state index in [-0.39, 0.29) is 0 Å². The van der Waals surface area contributed by atoms with Crippen molar-refractivity contribution in [3.05, 3.63) is 22.4 Å². The van der Waals surface area contributed by atoms with Gasteiger partial charge in [-0.15, -0.1) is 11.3 Å². The lowest BCUT2D eigenvalue weighted by Gasteiger charge is -2.19. The van der Waals surface area contributed by atoms with E-state index in [2.05, 4.69) is 43.7 Å². The van der Waals surface area contributed by atoms with Crippen molar-refractivity contribution in [1.29, 1.82) is 0 Å². The number of rotatable bonds is 7. The Balaban J connectivity index is 2.27. The third kappa shape index (κ3) is 4.80. The zero-order valence-corrected chi connectivity index (χ0v) is 10.9. The Bertz CT molecular complexity index is 243. The number of nitrogens with one attached hydrogen (secondary N) is 1. The summed E-state index contributed by atoms with van der Waals surface area (Å²) in [5.74, 6) is 0.839. The van der Waals surface area contributed by atoms with Crippen LogP contribution in [0.1, 0.15) is 38.0 Å². The van der Waals surface area contributed by atoms with Crippen molar-refractivity contribution in [1.82, 2.24) is 5.32 Å². The monoisotopic (exact) mass is 225 g/mol. The van der Waals surface area contributed by atoms with Crippen molar-refractivity contribution in [3.8, 4) is 0 Å². The summed E-state index contributed by atoms with van der Waals surface area (Å²) >= 11 is 1.87. The molecule has 1 aromatic rings. The average Bonchev–Trinajstić information content (AvgIpc) is 2.76. The predicted octanol–water partition coefficient (Wildman–Crippen LogP) is 3.70. The standard InChI is InChI=1S/C13H23NS/c1-4-11(2)10-12(14-3)7-8-13-6-5-9-15-13/h5-6,9,11-12,14H,4,7-8,10H2,1-3H3. The molecule has 0 aliphatic rings. The van der Waals surface area contributed by atoms with Gasteiger partial charge in [-0.1, -0.05) is 26.3 Å². The van der Waals surface area contributed by atoms with Crippen molar-refractivity contribution in [2.75, 3.05) is 7.05 Å². The lowest BCUT2D eigenvalue weighted by Crippen LogP contribution is -2.27. The molecule has 1 N–H and O–H groups in total. The Hall–Kier alpha value is -0.340. The summed E-state index contributed by atoms with van der Waals surface area (Å²) in [6, 6.07) is 5.06. The molecule has 0 aliphatic heterocycles. The molecular formula is C13H23NS. The summed E-state index contributed by atoms with van der Waals surface area (Å²) in [5.41, 5.74) is 0. The van der Waals surface area contributed by atoms with Gasteiger partial charge in [0.2, 0.25) is 0 Å². The van der Waals surface area contributed by atoms with Crippen molar-refractivity contribution < 1.29 is 0 Å². The highest BCUT2D eigenvalue weighted by molar-refractivity contribution is 7.09. The molecule has 1 rings (SSSR count). The van der Waals surface area contributed by atoms with Crippen LogP contribution in [0, 0.1) is 5.92 Å². The SMILES string of the molecule is CCC(C)CC(CCc1cccs1)NC. The molecule has 0 spiro atoms. The fraction of sp³-hybridized carbons (Fsp3) is 0.692. The highest BCUT2D eigenvalue weighted by atomic mass is 32.1. The molecule has 0 radical (unpaired) electrons. The molecule has 0 fully saturated rings. The Morgan fingerprint density at radius 3 is 2.80 bits per heavy atom. The molecule has 0 saturated heterocycles. The van der Waals surface area contributed by atoms with Crippen molar-refractivity contribution in [3.63, 3.8) is 0 Å². The lowest BCUT2D eigenvalue weighted by molar-refractivity contribution is 0.396. The molecule has 0 aliphatic carbocycles. The molecule has 2 atom stereocenters. The Morgan fingerprint density at radius 1 is 1.47 bits per heavy atom. The number of aryl methyl sites for hydroxylation is 1. The lowest BCUT2D eigenvalue weighted by atomic mass is 9.96. The maximum Gasteiger partial charge on any atom is 0.00700 e. The van der Waals surface area contributed by atoms with E-state index in [1.165, 1.54) is 30.6 Å². The van der Waals surface area contributed by atoms with Gasteiger partial charge in [-0.2, -0.15) is 0 Å². The Labute approximate surface area is 97.9 Å². The van der Waals surface area contributed by atoms with Crippen LogP contribution in [-0.4, -0.2) is 13.1 Å². The van der Waals surface area contributed by atoms with Gasteiger partial charge in [0.05, 0.1) is 0 Å². The fourth-order valence-electron chi connectivity index (χ4n) is 1.80. The van der Waals surface area contributed by atoms with Crippen LogP contribution in [0.5, 0.6) is 0 Å². The first kappa shape index (κ1) is 12.7. The quantitative estimate of drug-likeness (QED) is 0.746. The minimum absolute atomic E-state index is 0.682. The van der Waals surface area contributed by atoms with Gasteiger partial charge in [0.15, 0.2) is 0 Å². The van der Waals surface area contributed by atoms with Crippen LogP contribution in [-0.2, 0) is 6.42 Å². The summed E-state index contributed by atoms with van der Waals surface area (Å²) in [5, 5.41) is 5.60. The maximum atomic E-state index is 3.43. The number of hydrogen-bond acceptors (Lipinski definition) is 2. The van der Waals surface area contributed by atoms with E-state index in [1.54, 1.807) is 0 Å². The fourth-order valence-corrected chi connectivity index (χ4v) is 2.53. The summed E-state index contributed by atoms with van der Waals surface area (Å²) < 4.78 is 0. The highest BCUT2D eigenvalue weighted by Gasteiger charge is 2.10. The van der Waals surface area contributed by atoms with E-state index in [1.807, 2.05) is 11.3 Å². The average molecular weight is 225 g/mol. The van der Waals surface area contributed by atoms with Crippen LogP contribution in [0.2, 0.25) is 0 Å². The highest BCUT2D eigenvalue weighted by Crippen LogP contribution is 2.16. The Kier molecular flexibility index (Phi) is 5.96. The van der Waals surface area contributed by atoms with Gasteiger partial charge >= 0.3 is 0 Å². The molecule has 1 nitrogen and oxygen atoms in total. The minimum Gasteiger partial charge on any atom is -0.317 e. The first-order valence-corrected chi connectivity index (χ1v) is 6.83. The first-order chi connectivity index (χ1) is 7.26. The van der Waals surface area contributed by atoms with E-state index in [9.17, 15) is 0 Å². The zero-order chi connectivity index (χ0) is 11.1. The molecular weight excluding hydrogens is 202 g/mol. The second kappa shape index (κ2) is 7.02. The second-order valence-corrected chi connectivity index (χ2v) is 5.39. The van der Waals surface area contributed by atoms with E-state index < -0.39 is 0 Å². The normalized spacial score (nSPS) is 15.1. The summed E-state index contributed by atoms with van der Waals surface area (Å²) in [4.78, 5) is 1.51. The first-order valence-electron chi connectivity index (χ1n) is 5.95. The Morgan fingerprint density at radius 2 is 2.27 bits per heavy atom. The minimum atomic E-state index is 0.682. The van der Waals surface area contributed by atoms with Crippen LogP contribution in [0.3, 0.4) is 0 Å². The van der Waals surface area contributed by atoms with Crippen molar-refractivity contribution >= 4 is 11.3 Å². The van der Waals surface area contributed by atoms with Gasteiger partial charge in [0, 0.05) is 10.9 Å². The molecule has 1 heterocycles. The number of thiophene rings is 1. The van der Waals surface area contributed by atoms with Crippen LogP contribution >= 0.6 is 11.3 Å². The third-order valence-corrected chi connectivity index (χ3v) is 4.05. The van der Waals surface area contributed by atoms with Crippen LogP contribution < -0.4 is 5.32 Å². The molecule has 0 amide bonds. The zero-order valence-electron chi connectivity index (χ0n) is 10.1. The third-order valence-electron chi connectivity index (χ3n) is 3.11. The van der Waals surface area contributed by atoms with Crippen LogP contribution in [0.15, 0.2) is 17.5 Å². The molecule has 1 aromatic heterocycles. The summed E-state index contributed by atoms with van der Waals surface area (Å²) in [6.45, 7) is 4.62. The molecule has 15 heavy (non-hydrogen) atoms. The summed E-state index contributed by atoms with van der Waals surface area (Å²) in [6.07, 6.45) is 5.08. The van der Waals surface area contributed by atoms with Gasteiger partial charge in [0.1, 0.15) is 0 Å². The van der Waals surface area contributed by atoms with Gasteiger partial charge < -0.3 is 5.32 Å². The molecule has 86 valence electrons. The topological polar surface area (TPSA) is 12.0 Å². The summed E-state index contributed by atoms with van der Waals surface area (Å²) in [7, 11) is 2.08. The van der Waals surface area contributed by atoms with Crippen LogP contribution in [0.25, 0.3) is 0 Å². The van der Waals surface area contributed by atoms with E-state index in [0.717, 1.165) is 5.92 Å². The van der Waals surface area contributed by atoms with E-state index in [0.29, 0.717) is 6.04 Å². The van der Waals surface area contributed by atoms with E-state index in [4.69, 9.17) is 0 Å². The maximum absolute atomic E-state index is 3.43. The molecule has 0 aromatic carbocycles. The molecule has 0 saturated carbocycles. The van der Waals surface area contributed by atoms with Gasteiger partial charge in [-0.25, -0.2) is 0 Å². The molecule has 2 unspecified atom stereocenters. The number of hydrogen-bond donors (Lipinski definition) is 1. The molecule has 2 heteroatoms. The van der Waals surface area contributed by atoms with Crippen LogP contribution in [0.4, 0.5) is 0 Å². The van der Waals surface area contributed by atoms with Gasteiger partial charge in [-0.05, 0) is 43.7 Å². The largest absolute Gasteiger partial charge is 0.317 e. The smallest absolute Gasteiger partial charge is 0.00700 e. The van der Waals surface area contributed by atoms with Gasteiger partial charge in [-0.3, -0.25) is 0 Å². The van der Waals surface area contributed by atoms with Crippen molar-refractivity contribution in [2.45, 2.75) is 45.6 Å². The van der Waals surface area contributed by atoms with Crippen molar-refractivity contribution in [2.24, 2.45) is 5.92 Å². The molecule has 0 bridgehead atoms.